The Hall–Kier alpha value is -2.11. The van der Waals surface area contributed by atoms with Crippen LogP contribution in [-0.2, 0) is 18.4 Å². The molecular formula is C17H26IN7O2. The van der Waals surface area contributed by atoms with Crippen molar-refractivity contribution >= 4 is 41.5 Å². The Morgan fingerprint density at radius 3 is 2.74 bits per heavy atom. The van der Waals surface area contributed by atoms with Crippen LogP contribution in [0.5, 0.6) is 0 Å². The zero-order valence-corrected chi connectivity index (χ0v) is 18.4. The van der Waals surface area contributed by atoms with Crippen molar-refractivity contribution in [3.8, 4) is 0 Å². The summed E-state index contributed by atoms with van der Waals surface area (Å²) in [6, 6.07) is 1.94. The summed E-state index contributed by atoms with van der Waals surface area (Å²) in [7, 11) is 3.55. The molecule has 3 heterocycles. The minimum absolute atomic E-state index is 0. The smallest absolute Gasteiger partial charge is 0.246 e. The molecule has 9 nitrogen and oxygen atoms in total. The van der Waals surface area contributed by atoms with Crippen molar-refractivity contribution in [3.63, 3.8) is 0 Å². The van der Waals surface area contributed by atoms with Crippen LogP contribution in [0.3, 0.4) is 0 Å². The molecule has 0 saturated carbocycles. The summed E-state index contributed by atoms with van der Waals surface area (Å²) in [5, 5.41) is 11.4. The molecule has 0 unspecified atom stereocenters. The standard InChI is InChI=1S/C17H25N7O2.HI/c1-12(2)15-7-14(26-21-15)9-19-17(18-3)23-5-6-24(16(25)11-23)13-8-20-22(4)10-13;/h7-8,10,12H,5-6,9,11H2,1-4H3,(H,18,19);1H. The summed E-state index contributed by atoms with van der Waals surface area (Å²) < 4.78 is 7.03. The minimum atomic E-state index is 0. The highest BCUT2D eigenvalue weighted by Crippen LogP contribution is 2.16. The molecule has 27 heavy (non-hydrogen) atoms. The van der Waals surface area contributed by atoms with Crippen LogP contribution in [0.1, 0.15) is 31.2 Å². The summed E-state index contributed by atoms with van der Waals surface area (Å²) in [5.74, 6) is 1.76. The van der Waals surface area contributed by atoms with Gasteiger partial charge in [-0.15, -0.1) is 24.0 Å². The summed E-state index contributed by atoms with van der Waals surface area (Å²) >= 11 is 0. The van der Waals surface area contributed by atoms with Gasteiger partial charge in [0.15, 0.2) is 11.7 Å². The first kappa shape index (κ1) is 21.2. The van der Waals surface area contributed by atoms with Crippen molar-refractivity contribution < 1.29 is 9.32 Å². The first-order valence-corrected chi connectivity index (χ1v) is 8.68. The van der Waals surface area contributed by atoms with E-state index in [4.69, 9.17) is 4.52 Å². The number of rotatable bonds is 4. The molecule has 10 heteroatoms. The van der Waals surface area contributed by atoms with Gasteiger partial charge in [-0.05, 0) is 5.92 Å². The molecule has 0 aromatic carbocycles. The molecular weight excluding hydrogens is 461 g/mol. The average Bonchev–Trinajstić information content (AvgIpc) is 3.25. The summed E-state index contributed by atoms with van der Waals surface area (Å²) in [6.45, 7) is 6.16. The number of aryl methyl sites for hydroxylation is 1. The molecule has 2 aromatic rings. The Kier molecular flexibility index (Phi) is 7.22. The third kappa shape index (κ3) is 4.99. The first-order valence-electron chi connectivity index (χ1n) is 8.68. The molecule has 2 aromatic heterocycles. The number of hydrogen-bond donors (Lipinski definition) is 1. The number of halogens is 1. The third-order valence-electron chi connectivity index (χ3n) is 4.32. The SMILES string of the molecule is CN=C(NCc1cc(C(C)C)no1)N1CCN(c2cnn(C)c2)C(=O)C1.I. The maximum absolute atomic E-state index is 12.5. The number of aliphatic imine (C=N–C) groups is 1. The van der Waals surface area contributed by atoms with Crippen LogP contribution in [-0.4, -0.2) is 58.4 Å². The van der Waals surface area contributed by atoms with Crippen LogP contribution in [0.4, 0.5) is 5.69 Å². The van der Waals surface area contributed by atoms with Crippen LogP contribution >= 0.6 is 24.0 Å². The highest BCUT2D eigenvalue weighted by Gasteiger charge is 2.27. The second kappa shape index (κ2) is 9.20. The number of guanidine groups is 1. The number of carbonyl (C=O) groups is 1. The number of anilines is 1. The van der Waals surface area contributed by atoms with Gasteiger partial charge in [-0.3, -0.25) is 14.5 Å². The molecule has 3 rings (SSSR count). The fourth-order valence-electron chi connectivity index (χ4n) is 2.86. The molecule has 0 spiro atoms. The lowest BCUT2D eigenvalue weighted by atomic mass is 10.1. The molecule has 0 atom stereocenters. The second-order valence-electron chi connectivity index (χ2n) is 6.61. The molecule has 1 saturated heterocycles. The summed E-state index contributed by atoms with van der Waals surface area (Å²) in [6.07, 6.45) is 3.55. The van der Waals surface area contributed by atoms with Crippen molar-refractivity contribution in [2.45, 2.75) is 26.3 Å². The number of nitrogens with one attached hydrogen (secondary N) is 1. The van der Waals surface area contributed by atoms with Crippen LogP contribution in [0.15, 0.2) is 28.0 Å². The molecule has 1 amide bonds. The number of piperazine rings is 1. The van der Waals surface area contributed by atoms with Crippen LogP contribution in [0.2, 0.25) is 0 Å². The van der Waals surface area contributed by atoms with Crippen molar-refractivity contribution in [1.82, 2.24) is 25.2 Å². The van der Waals surface area contributed by atoms with Gasteiger partial charge in [0.1, 0.15) is 6.54 Å². The Morgan fingerprint density at radius 2 is 2.19 bits per heavy atom. The van der Waals surface area contributed by atoms with Crippen LogP contribution in [0.25, 0.3) is 0 Å². The topological polar surface area (TPSA) is 91.8 Å². The number of hydrogen-bond acceptors (Lipinski definition) is 5. The lowest BCUT2D eigenvalue weighted by Crippen LogP contribution is -2.55. The maximum Gasteiger partial charge on any atom is 0.246 e. The molecule has 1 fully saturated rings. The van der Waals surface area contributed by atoms with E-state index in [1.54, 1.807) is 22.8 Å². The molecule has 0 bridgehead atoms. The van der Waals surface area contributed by atoms with E-state index in [2.05, 4.69) is 34.4 Å². The lowest BCUT2D eigenvalue weighted by Gasteiger charge is -2.35. The third-order valence-corrected chi connectivity index (χ3v) is 4.32. The van der Waals surface area contributed by atoms with E-state index in [1.165, 1.54) is 0 Å². The Labute approximate surface area is 175 Å². The summed E-state index contributed by atoms with van der Waals surface area (Å²) in [5.41, 5.74) is 1.75. The zero-order valence-electron chi connectivity index (χ0n) is 16.0. The molecule has 0 radical (unpaired) electrons. The zero-order chi connectivity index (χ0) is 18.7. The van der Waals surface area contributed by atoms with Crippen molar-refractivity contribution in [2.75, 3.05) is 31.6 Å². The Balaban J connectivity index is 0.00000261. The molecule has 148 valence electrons. The molecule has 1 aliphatic heterocycles. The fraction of sp³-hybridized carbons (Fsp3) is 0.529. The van der Waals surface area contributed by atoms with E-state index in [9.17, 15) is 4.79 Å². The van der Waals surface area contributed by atoms with Gasteiger partial charge in [-0.2, -0.15) is 5.10 Å². The quantitative estimate of drug-likeness (QED) is 0.400. The molecule has 0 aliphatic carbocycles. The van der Waals surface area contributed by atoms with E-state index in [1.807, 2.05) is 24.2 Å². The van der Waals surface area contributed by atoms with Crippen molar-refractivity contribution in [2.24, 2.45) is 12.0 Å². The van der Waals surface area contributed by atoms with E-state index in [0.29, 0.717) is 31.5 Å². The lowest BCUT2D eigenvalue weighted by molar-refractivity contribution is -0.120. The van der Waals surface area contributed by atoms with Gasteiger partial charge in [0.05, 0.1) is 24.1 Å². The van der Waals surface area contributed by atoms with Crippen LogP contribution in [0, 0.1) is 0 Å². The second-order valence-corrected chi connectivity index (χ2v) is 6.61. The first-order chi connectivity index (χ1) is 12.5. The maximum atomic E-state index is 12.5. The molecule has 1 N–H and O–H groups in total. The van der Waals surface area contributed by atoms with Crippen molar-refractivity contribution in [1.29, 1.82) is 0 Å². The van der Waals surface area contributed by atoms with E-state index >= 15 is 0 Å². The van der Waals surface area contributed by atoms with Gasteiger partial charge in [-0.25, -0.2) is 0 Å². The number of aromatic nitrogens is 3. The number of amides is 1. The summed E-state index contributed by atoms with van der Waals surface area (Å²) in [4.78, 5) is 20.5. The van der Waals surface area contributed by atoms with Gasteiger partial charge in [0.2, 0.25) is 5.91 Å². The molecule has 1 aliphatic rings. The Bertz CT molecular complexity index is 799. The largest absolute Gasteiger partial charge is 0.359 e. The van der Waals surface area contributed by atoms with Gasteiger partial charge >= 0.3 is 0 Å². The number of nitrogens with zero attached hydrogens (tertiary/aromatic N) is 6. The van der Waals surface area contributed by atoms with Crippen molar-refractivity contribution in [3.05, 3.63) is 29.9 Å². The average molecular weight is 487 g/mol. The highest BCUT2D eigenvalue weighted by molar-refractivity contribution is 14.0. The van der Waals surface area contributed by atoms with E-state index in [-0.39, 0.29) is 36.4 Å². The highest BCUT2D eigenvalue weighted by atomic mass is 127. The van der Waals surface area contributed by atoms with Crippen LogP contribution < -0.4 is 10.2 Å². The number of carbonyl (C=O) groups excluding carboxylic acids is 1. The minimum Gasteiger partial charge on any atom is -0.359 e. The van der Waals surface area contributed by atoms with E-state index in [0.717, 1.165) is 17.1 Å². The fourth-order valence-corrected chi connectivity index (χ4v) is 2.86. The Morgan fingerprint density at radius 1 is 1.41 bits per heavy atom. The predicted molar refractivity (Wildman–Crippen MR) is 113 cm³/mol. The van der Waals surface area contributed by atoms with Gasteiger partial charge in [0.25, 0.3) is 0 Å². The predicted octanol–water partition coefficient (Wildman–Crippen LogP) is 1.57. The van der Waals surface area contributed by atoms with Gasteiger partial charge in [-0.1, -0.05) is 19.0 Å². The normalized spacial score (nSPS) is 15.3. The van der Waals surface area contributed by atoms with E-state index < -0.39 is 0 Å². The van der Waals surface area contributed by atoms with Gasteiger partial charge in [0, 0.05) is 39.4 Å². The van der Waals surface area contributed by atoms with Gasteiger partial charge < -0.3 is 19.6 Å². The monoisotopic (exact) mass is 487 g/mol.